The Labute approximate surface area is 226 Å². The van der Waals surface area contributed by atoms with Gasteiger partial charge in [0.15, 0.2) is 5.71 Å². The molecular formula is C28H21N7O5. The number of anilines is 3. The second-order valence-corrected chi connectivity index (χ2v) is 8.48. The van der Waals surface area contributed by atoms with Crippen LogP contribution in [0.15, 0.2) is 114 Å². The third kappa shape index (κ3) is 5.31. The molecule has 1 amide bonds. The highest BCUT2D eigenvalue weighted by Crippen LogP contribution is 2.29. The van der Waals surface area contributed by atoms with Gasteiger partial charge in [0.25, 0.3) is 11.6 Å². The second-order valence-electron chi connectivity index (χ2n) is 8.48. The molecule has 0 fully saturated rings. The van der Waals surface area contributed by atoms with Gasteiger partial charge in [-0.25, -0.2) is 0 Å². The molecule has 12 heteroatoms. The molecule has 1 heterocycles. The summed E-state index contributed by atoms with van der Waals surface area (Å²) in [5.74, 6) is -0.616. The molecule has 0 aliphatic heterocycles. The number of nitro benzene ring substituents is 2. The van der Waals surface area contributed by atoms with Gasteiger partial charge in [0.05, 0.1) is 27.3 Å². The van der Waals surface area contributed by atoms with Gasteiger partial charge in [-0.1, -0.05) is 54.6 Å². The van der Waals surface area contributed by atoms with Gasteiger partial charge >= 0.3 is 5.69 Å². The predicted molar refractivity (Wildman–Crippen MR) is 151 cm³/mol. The third-order valence-corrected chi connectivity index (χ3v) is 5.98. The molecule has 198 valence electrons. The van der Waals surface area contributed by atoms with Crippen molar-refractivity contribution in [3.8, 4) is 0 Å². The number of nitro groups is 2. The minimum absolute atomic E-state index is 0.0815. The van der Waals surface area contributed by atoms with E-state index in [0.717, 1.165) is 17.6 Å². The predicted octanol–water partition coefficient (Wildman–Crippen LogP) is 5.67. The van der Waals surface area contributed by atoms with E-state index in [9.17, 15) is 25.0 Å². The molecule has 0 atom stereocenters. The van der Waals surface area contributed by atoms with E-state index in [4.69, 9.17) is 0 Å². The monoisotopic (exact) mass is 535 g/mol. The Kier molecular flexibility index (Phi) is 7.13. The normalized spacial score (nSPS) is 11.2. The van der Waals surface area contributed by atoms with Crippen LogP contribution in [-0.2, 0) is 4.79 Å². The summed E-state index contributed by atoms with van der Waals surface area (Å²) >= 11 is 0. The Hall–Kier alpha value is -6.04. The number of hydrogen-bond donors (Lipinski definition) is 3. The Morgan fingerprint density at radius 3 is 2.05 bits per heavy atom. The van der Waals surface area contributed by atoms with Crippen LogP contribution in [0.3, 0.4) is 0 Å². The molecule has 0 saturated heterocycles. The number of rotatable bonds is 9. The molecule has 4 aromatic carbocycles. The number of benzene rings is 4. The number of nitrogens with one attached hydrogen (secondary N) is 3. The lowest BCUT2D eigenvalue weighted by atomic mass is 10.1. The number of aromatic amines is 1. The Balaban J connectivity index is 1.57. The lowest BCUT2D eigenvalue weighted by Gasteiger charge is -2.25. The quantitative estimate of drug-likeness (QED) is 0.125. The van der Waals surface area contributed by atoms with Crippen molar-refractivity contribution in [1.29, 1.82) is 0 Å². The van der Waals surface area contributed by atoms with Gasteiger partial charge in [-0.2, -0.15) is 5.10 Å². The topological polar surface area (TPSA) is 159 Å². The van der Waals surface area contributed by atoms with Crippen molar-refractivity contribution in [2.45, 2.75) is 0 Å². The van der Waals surface area contributed by atoms with Crippen LogP contribution >= 0.6 is 0 Å². The zero-order valence-electron chi connectivity index (χ0n) is 20.7. The Morgan fingerprint density at radius 1 is 0.800 bits per heavy atom. The molecule has 0 unspecified atom stereocenters. The second kappa shape index (κ2) is 11.1. The van der Waals surface area contributed by atoms with Crippen LogP contribution in [0, 0.1) is 20.2 Å². The SMILES string of the molecule is O=C(NN(c1ccccc1)c1ccccc1)/C(=N/Nc1ccc([N+](=O)[O-])cc1[N+](=O)[O-])c1c[nH]c2ccccc12. The van der Waals surface area contributed by atoms with Crippen LogP contribution in [0.2, 0.25) is 0 Å². The third-order valence-electron chi connectivity index (χ3n) is 5.98. The fourth-order valence-corrected chi connectivity index (χ4v) is 4.08. The molecule has 1 aromatic heterocycles. The highest BCUT2D eigenvalue weighted by molar-refractivity contribution is 6.47. The van der Waals surface area contributed by atoms with Crippen LogP contribution in [-0.4, -0.2) is 26.4 Å². The molecule has 3 N–H and O–H groups in total. The number of hydrazone groups is 1. The summed E-state index contributed by atoms with van der Waals surface area (Å²) in [5.41, 5.74) is 6.80. The van der Waals surface area contributed by atoms with Gasteiger partial charge < -0.3 is 4.98 Å². The van der Waals surface area contributed by atoms with E-state index >= 15 is 0 Å². The molecule has 0 aliphatic carbocycles. The first-order chi connectivity index (χ1) is 19.4. The number of carbonyl (C=O) groups is 1. The number of hydrogen-bond acceptors (Lipinski definition) is 8. The number of nitrogens with zero attached hydrogens (tertiary/aromatic N) is 4. The van der Waals surface area contributed by atoms with Crippen molar-refractivity contribution in [2.75, 3.05) is 10.4 Å². The maximum absolute atomic E-state index is 13.9. The molecular weight excluding hydrogens is 514 g/mol. The van der Waals surface area contributed by atoms with Crippen molar-refractivity contribution in [2.24, 2.45) is 5.10 Å². The van der Waals surface area contributed by atoms with E-state index in [1.54, 1.807) is 11.2 Å². The van der Waals surface area contributed by atoms with E-state index < -0.39 is 27.1 Å². The molecule has 0 bridgehead atoms. The summed E-state index contributed by atoms with van der Waals surface area (Å²) in [5, 5.41) is 29.3. The lowest BCUT2D eigenvalue weighted by Crippen LogP contribution is -2.43. The minimum Gasteiger partial charge on any atom is -0.360 e. The maximum atomic E-state index is 13.9. The number of para-hydroxylation sites is 3. The number of aromatic nitrogens is 1. The standard InChI is InChI=1S/C28H21N7O5/c36-28(32-33(19-9-3-1-4-10-19)20-11-5-2-6-12-20)27(23-18-29-24-14-8-7-13-22(23)24)31-30-25-16-15-21(34(37)38)17-26(25)35(39)40/h1-18,29-30H,(H,32,36)/b31-27+. The number of H-pyrrole nitrogens is 1. The van der Waals surface area contributed by atoms with Gasteiger partial charge in [-0.3, -0.25) is 40.9 Å². The smallest absolute Gasteiger partial charge is 0.301 e. The van der Waals surface area contributed by atoms with Crippen LogP contribution in [0.25, 0.3) is 10.9 Å². The molecule has 5 rings (SSSR count). The average molecular weight is 536 g/mol. The van der Waals surface area contributed by atoms with Crippen LogP contribution < -0.4 is 15.9 Å². The van der Waals surface area contributed by atoms with E-state index in [2.05, 4.69) is 20.9 Å². The van der Waals surface area contributed by atoms with Crippen molar-refractivity contribution < 1.29 is 14.6 Å². The largest absolute Gasteiger partial charge is 0.360 e. The number of carbonyl (C=O) groups excluding carboxylic acids is 1. The summed E-state index contributed by atoms with van der Waals surface area (Å²) in [6.07, 6.45) is 1.62. The Morgan fingerprint density at radius 2 is 1.43 bits per heavy atom. The van der Waals surface area contributed by atoms with E-state index in [0.29, 0.717) is 22.3 Å². The number of non-ortho nitro benzene ring substituents is 1. The first-order valence-electron chi connectivity index (χ1n) is 12.0. The first kappa shape index (κ1) is 25.6. The van der Waals surface area contributed by atoms with Crippen LogP contribution in [0.5, 0.6) is 0 Å². The molecule has 40 heavy (non-hydrogen) atoms. The Bertz CT molecular complexity index is 1700. The molecule has 0 saturated carbocycles. The van der Waals surface area contributed by atoms with Crippen molar-refractivity contribution in [3.63, 3.8) is 0 Å². The lowest BCUT2D eigenvalue weighted by molar-refractivity contribution is -0.393. The highest BCUT2D eigenvalue weighted by atomic mass is 16.6. The van der Waals surface area contributed by atoms with Gasteiger partial charge in [0.1, 0.15) is 5.69 Å². The average Bonchev–Trinajstić information content (AvgIpc) is 3.40. The maximum Gasteiger partial charge on any atom is 0.301 e. The summed E-state index contributed by atoms with van der Waals surface area (Å²) in [7, 11) is 0. The summed E-state index contributed by atoms with van der Waals surface area (Å²) in [6, 6.07) is 28.8. The zero-order valence-corrected chi connectivity index (χ0v) is 20.7. The van der Waals surface area contributed by atoms with Crippen molar-refractivity contribution in [1.82, 2.24) is 10.4 Å². The van der Waals surface area contributed by atoms with Gasteiger partial charge in [0, 0.05) is 28.7 Å². The highest BCUT2D eigenvalue weighted by Gasteiger charge is 2.24. The van der Waals surface area contributed by atoms with Gasteiger partial charge in [-0.15, -0.1) is 0 Å². The fraction of sp³-hybridized carbons (Fsp3) is 0. The molecule has 12 nitrogen and oxygen atoms in total. The summed E-state index contributed by atoms with van der Waals surface area (Å²) < 4.78 is 0. The number of hydrazine groups is 1. The van der Waals surface area contributed by atoms with Gasteiger partial charge in [-0.05, 0) is 36.4 Å². The van der Waals surface area contributed by atoms with Crippen molar-refractivity contribution in [3.05, 3.63) is 135 Å². The molecule has 0 radical (unpaired) electrons. The molecule has 5 aromatic rings. The van der Waals surface area contributed by atoms with E-state index in [1.165, 1.54) is 6.07 Å². The number of amides is 1. The van der Waals surface area contributed by atoms with Gasteiger partial charge in [0.2, 0.25) is 0 Å². The molecule has 0 aliphatic rings. The minimum atomic E-state index is -0.761. The van der Waals surface area contributed by atoms with Crippen LogP contribution in [0.4, 0.5) is 28.4 Å². The van der Waals surface area contributed by atoms with Crippen LogP contribution in [0.1, 0.15) is 5.56 Å². The summed E-state index contributed by atoms with van der Waals surface area (Å²) in [6.45, 7) is 0. The zero-order chi connectivity index (χ0) is 28.1. The fourth-order valence-electron chi connectivity index (χ4n) is 4.08. The summed E-state index contributed by atoms with van der Waals surface area (Å²) in [4.78, 5) is 38.3. The van der Waals surface area contributed by atoms with E-state index in [1.807, 2.05) is 84.9 Å². The molecule has 0 spiro atoms. The van der Waals surface area contributed by atoms with E-state index in [-0.39, 0.29) is 11.4 Å². The first-order valence-corrected chi connectivity index (χ1v) is 12.0. The van der Waals surface area contributed by atoms with Crippen molar-refractivity contribution >= 4 is 51.0 Å². The number of fused-ring (bicyclic) bond motifs is 1.